The maximum atomic E-state index is 12.6. The van der Waals surface area contributed by atoms with Gasteiger partial charge in [-0.1, -0.05) is 12.1 Å². The molecule has 0 aliphatic heterocycles. The Morgan fingerprint density at radius 2 is 2.10 bits per heavy atom. The number of carboxylic acid groups (broad SMARTS) is 1. The van der Waals surface area contributed by atoms with Crippen molar-refractivity contribution in [3.63, 3.8) is 0 Å². The van der Waals surface area contributed by atoms with Crippen LogP contribution in [0.2, 0.25) is 0 Å². The first kappa shape index (κ1) is 15.0. The summed E-state index contributed by atoms with van der Waals surface area (Å²) in [6.07, 6.45) is -2.73. The summed E-state index contributed by atoms with van der Waals surface area (Å²) in [5.74, 6) is -1.22. The van der Waals surface area contributed by atoms with Crippen molar-refractivity contribution in [2.45, 2.75) is 19.6 Å². The van der Waals surface area contributed by atoms with Gasteiger partial charge in [-0.2, -0.15) is 0 Å². The van der Waals surface area contributed by atoms with Gasteiger partial charge in [0.05, 0.1) is 17.4 Å². The Kier molecular flexibility index (Phi) is 4.59. The van der Waals surface area contributed by atoms with Crippen molar-refractivity contribution in [2.24, 2.45) is 0 Å². The minimum atomic E-state index is -2.73. The van der Waals surface area contributed by atoms with Crippen LogP contribution >= 0.6 is 0 Å². The number of hydrogen-bond donors (Lipinski definition) is 1. The van der Waals surface area contributed by atoms with Crippen molar-refractivity contribution in [1.29, 1.82) is 0 Å². The Bertz CT molecular complexity index is 715. The zero-order valence-corrected chi connectivity index (χ0v) is 10.8. The first-order chi connectivity index (χ1) is 9.99. The number of rotatable bonds is 6. The molecule has 0 saturated carbocycles. The molecular weight excluding hydrogens is 286 g/mol. The molecule has 0 saturated heterocycles. The molecule has 0 unspecified atom stereocenters. The fraction of sp³-hybridized carbons (Fsp3) is 0.308. The van der Waals surface area contributed by atoms with E-state index < -0.39 is 31.1 Å². The van der Waals surface area contributed by atoms with E-state index in [0.29, 0.717) is 5.52 Å². The van der Waals surface area contributed by atoms with E-state index in [2.05, 4.69) is 4.98 Å². The van der Waals surface area contributed by atoms with Gasteiger partial charge < -0.3 is 9.84 Å². The molecular formula is C13H12F2N2O4. The summed E-state index contributed by atoms with van der Waals surface area (Å²) < 4.78 is 30.9. The van der Waals surface area contributed by atoms with Crippen molar-refractivity contribution < 1.29 is 23.4 Å². The van der Waals surface area contributed by atoms with Gasteiger partial charge in [-0.25, -0.2) is 18.6 Å². The highest BCUT2D eigenvalue weighted by molar-refractivity contribution is 5.77. The van der Waals surface area contributed by atoms with Crippen molar-refractivity contribution in [3.05, 3.63) is 40.4 Å². The highest BCUT2D eigenvalue weighted by Crippen LogP contribution is 2.10. The number of aliphatic carboxylic acids is 1. The molecule has 6 nitrogen and oxygen atoms in total. The monoisotopic (exact) mass is 298 g/mol. The van der Waals surface area contributed by atoms with E-state index in [1.807, 2.05) is 0 Å². The molecule has 8 heteroatoms. The summed E-state index contributed by atoms with van der Waals surface area (Å²) >= 11 is 0. The molecule has 0 spiro atoms. The van der Waals surface area contributed by atoms with E-state index >= 15 is 0 Å². The van der Waals surface area contributed by atoms with E-state index in [0.717, 1.165) is 4.57 Å². The molecule has 2 rings (SSSR count). The summed E-state index contributed by atoms with van der Waals surface area (Å²) in [5.41, 5.74) is -0.253. The number of carboxylic acids is 1. The molecule has 21 heavy (non-hydrogen) atoms. The molecule has 0 radical (unpaired) electrons. The van der Waals surface area contributed by atoms with E-state index in [1.165, 1.54) is 6.07 Å². The second kappa shape index (κ2) is 6.40. The average Bonchev–Trinajstić information content (AvgIpc) is 2.42. The molecule has 0 aliphatic carbocycles. The normalized spacial score (nSPS) is 11.2. The number of aromatic nitrogens is 2. The van der Waals surface area contributed by atoms with Crippen LogP contribution in [0.1, 0.15) is 5.82 Å². The van der Waals surface area contributed by atoms with Gasteiger partial charge >= 0.3 is 5.97 Å². The van der Waals surface area contributed by atoms with Crippen LogP contribution in [0.15, 0.2) is 29.1 Å². The fourth-order valence-corrected chi connectivity index (χ4v) is 1.88. The molecule has 1 N–H and O–H groups in total. The van der Waals surface area contributed by atoms with Gasteiger partial charge in [0, 0.05) is 0 Å². The molecule has 0 amide bonds. The van der Waals surface area contributed by atoms with E-state index in [9.17, 15) is 18.4 Å². The molecule has 0 bridgehead atoms. The van der Waals surface area contributed by atoms with Crippen LogP contribution in [-0.2, 0) is 22.7 Å². The molecule has 112 valence electrons. The smallest absolute Gasteiger partial charge is 0.329 e. The summed E-state index contributed by atoms with van der Waals surface area (Å²) in [4.78, 5) is 26.7. The van der Waals surface area contributed by atoms with Gasteiger partial charge in [0.25, 0.3) is 12.0 Å². The highest BCUT2D eigenvalue weighted by Gasteiger charge is 2.15. The van der Waals surface area contributed by atoms with E-state index in [1.54, 1.807) is 18.2 Å². The lowest BCUT2D eigenvalue weighted by Gasteiger charge is -2.12. The molecule has 2 aromatic rings. The third-order valence-electron chi connectivity index (χ3n) is 2.72. The third kappa shape index (κ3) is 3.60. The van der Waals surface area contributed by atoms with Crippen LogP contribution in [0.5, 0.6) is 0 Å². The standard InChI is InChI=1S/C13H12F2N2O4/c14-10(15)5-17-11(6-21-7-12(18)19)16-9-4-2-1-3-8(9)13(17)20/h1-4,10H,5-7H2,(H,18,19). The molecule has 1 aromatic carbocycles. The molecule has 0 aliphatic rings. The van der Waals surface area contributed by atoms with E-state index in [4.69, 9.17) is 9.84 Å². The summed E-state index contributed by atoms with van der Waals surface area (Å²) in [6.45, 7) is -1.75. The number of para-hydroxylation sites is 1. The Labute approximate surface area is 117 Å². The average molecular weight is 298 g/mol. The molecule has 1 heterocycles. The number of halogens is 2. The van der Waals surface area contributed by atoms with Crippen LogP contribution in [-0.4, -0.2) is 33.7 Å². The number of hydrogen-bond acceptors (Lipinski definition) is 4. The van der Waals surface area contributed by atoms with Gasteiger partial charge in [0.2, 0.25) is 0 Å². The van der Waals surface area contributed by atoms with Gasteiger partial charge in [-0.05, 0) is 12.1 Å². The number of benzene rings is 1. The van der Waals surface area contributed by atoms with Crippen molar-refractivity contribution in [2.75, 3.05) is 6.61 Å². The number of fused-ring (bicyclic) bond motifs is 1. The van der Waals surface area contributed by atoms with Crippen LogP contribution < -0.4 is 5.56 Å². The lowest BCUT2D eigenvalue weighted by Crippen LogP contribution is -2.28. The highest BCUT2D eigenvalue weighted by atomic mass is 19.3. The number of nitrogens with zero attached hydrogens (tertiary/aromatic N) is 2. The van der Waals surface area contributed by atoms with Gasteiger partial charge in [0.1, 0.15) is 19.0 Å². The van der Waals surface area contributed by atoms with Crippen LogP contribution in [0.4, 0.5) is 8.78 Å². The lowest BCUT2D eigenvalue weighted by molar-refractivity contribution is -0.142. The zero-order valence-electron chi connectivity index (χ0n) is 10.8. The first-order valence-corrected chi connectivity index (χ1v) is 6.05. The summed E-state index contributed by atoms with van der Waals surface area (Å²) in [6, 6.07) is 6.34. The molecule has 1 aromatic heterocycles. The van der Waals surface area contributed by atoms with Gasteiger partial charge in [-0.15, -0.1) is 0 Å². The van der Waals surface area contributed by atoms with E-state index in [-0.39, 0.29) is 17.8 Å². The van der Waals surface area contributed by atoms with Gasteiger partial charge in [-0.3, -0.25) is 9.36 Å². The SMILES string of the molecule is O=C(O)COCc1nc2ccccc2c(=O)n1CC(F)F. The Balaban J connectivity index is 2.44. The topological polar surface area (TPSA) is 81.4 Å². The Morgan fingerprint density at radius 1 is 1.38 bits per heavy atom. The van der Waals surface area contributed by atoms with Crippen LogP contribution in [0.3, 0.4) is 0 Å². The Hall–Kier alpha value is -2.35. The first-order valence-electron chi connectivity index (χ1n) is 6.05. The van der Waals surface area contributed by atoms with Gasteiger partial charge in [0.15, 0.2) is 0 Å². The number of ether oxygens (including phenoxy) is 1. The quantitative estimate of drug-likeness (QED) is 0.868. The Morgan fingerprint density at radius 3 is 2.76 bits per heavy atom. The second-order valence-electron chi connectivity index (χ2n) is 4.24. The number of carbonyl (C=O) groups is 1. The third-order valence-corrected chi connectivity index (χ3v) is 2.72. The minimum Gasteiger partial charge on any atom is -0.480 e. The predicted octanol–water partition coefficient (Wildman–Crippen LogP) is 1.26. The maximum Gasteiger partial charge on any atom is 0.329 e. The fourth-order valence-electron chi connectivity index (χ4n) is 1.88. The van der Waals surface area contributed by atoms with Crippen molar-refractivity contribution in [1.82, 2.24) is 9.55 Å². The maximum absolute atomic E-state index is 12.6. The summed E-state index contributed by atoms with van der Waals surface area (Å²) in [7, 11) is 0. The predicted molar refractivity (Wildman–Crippen MR) is 69.3 cm³/mol. The van der Waals surface area contributed by atoms with Crippen LogP contribution in [0.25, 0.3) is 10.9 Å². The second-order valence-corrected chi connectivity index (χ2v) is 4.24. The zero-order chi connectivity index (χ0) is 15.4. The minimum absolute atomic E-state index is 0.0275. The number of alkyl halides is 2. The van der Waals surface area contributed by atoms with Crippen LogP contribution in [0, 0.1) is 0 Å². The molecule has 0 atom stereocenters. The lowest BCUT2D eigenvalue weighted by atomic mass is 10.2. The van der Waals surface area contributed by atoms with Crippen molar-refractivity contribution in [3.8, 4) is 0 Å². The summed E-state index contributed by atoms with van der Waals surface area (Å²) in [5, 5.41) is 8.72. The van der Waals surface area contributed by atoms with Crippen molar-refractivity contribution >= 4 is 16.9 Å². The molecule has 0 fully saturated rings. The largest absolute Gasteiger partial charge is 0.480 e.